The van der Waals surface area contributed by atoms with Gasteiger partial charge in [0.25, 0.3) is 0 Å². The monoisotopic (exact) mass is 326 g/mol. The third-order valence-electron chi connectivity index (χ3n) is 4.59. The molecule has 1 aliphatic heterocycles. The molecular weight excluding hydrogens is 308 g/mol. The number of anilines is 1. The van der Waals surface area contributed by atoms with Crippen LogP contribution in [0.5, 0.6) is 5.75 Å². The highest BCUT2D eigenvalue weighted by molar-refractivity contribution is 6.31. The lowest BCUT2D eigenvalue weighted by Gasteiger charge is -2.31. The van der Waals surface area contributed by atoms with Gasteiger partial charge in [0.05, 0.1) is 23.8 Å². The standard InChI is InChI=1S/C19H19ClN2O/c1-23-14-6-8-17-16(12-14)19(22-9-3-2-4-10-22)15-7-5-13(20)11-18(15)21-17/h5-8,11-12H,2-4,9-10H2,1H3. The zero-order valence-electron chi connectivity index (χ0n) is 13.2. The Balaban J connectivity index is 2.05. The minimum atomic E-state index is 0.724. The number of benzene rings is 2. The van der Waals surface area contributed by atoms with E-state index >= 15 is 0 Å². The van der Waals surface area contributed by atoms with Crippen molar-refractivity contribution in [3.05, 3.63) is 41.4 Å². The molecule has 0 bridgehead atoms. The third kappa shape index (κ3) is 2.59. The van der Waals surface area contributed by atoms with Crippen LogP contribution < -0.4 is 9.64 Å². The van der Waals surface area contributed by atoms with Gasteiger partial charge in [-0.3, -0.25) is 0 Å². The molecule has 3 nitrogen and oxygen atoms in total. The number of methoxy groups -OCH3 is 1. The molecule has 118 valence electrons. The lowest BCUT2D eigenvalue weighted by molar-refractivity contribution is 0.415. The molecule has 4 rings (SSSR count). The molecule has 0 N–H and O–H groups in total. The predicted octanol–water partition coefficient (Wildman–Crippen LogP) is 5.04. The van der Waals surface area contributed by atoms with E-state index in [1.165, 1.54) is 24.9 Å². The van der Waals surface area contributed by atoms with Crippen LogP contribution in [0, 0.1) is 0 Å². The van der Waals surface area contributed by atoms with Crippen LogP contribution in [0.4, 0.5) is 5.69 Å². The first-order chi connectivity index (χ1) is 11.3. The van der Waals surface area contributed by atoms with Gasteiger partial charge in [0.1, 0.15) is 5.75 Å². The molecule has 0 unspecified atom stereocenters. The molecule has 0 atom stereocenters. The maximum absolute atomic E-state index is 6.18. The smallest absolute Gasteiger partial charge is 0.119 e. The summed E-state index contributed by atoms with van der Waals surface area (Å²) in [6, 6.07) is 12.1. The number of halogens is 1. The fourth-order valence-corrected chi connectivity index (χ4v) is 3.63. The molecule has 1 fully saturated rings. The molecule has 3 aromatic rings. The molecule has 0 amide bonds. The fraction of sp³-hybridized carbons (Fsp3) is 0.316. The molecule has 4 heteroatoms. The number of ether oxygens (including phenoxy) is 1. The molecule has 1 saturated heterocycles. The van der Waals surface area contributed by atoms with E-state index < -0.39 is 0 Å². The van der Waals surface area contributed by atoms with Gasteiger partial charge in [-0.2, -0.15) is 0 Å². The van der Waals surface area contributed by atoms with Gasteiger partial charge in [0.15, 0.2) is 0 Å². The van der Waals surface area contributed by atoms with Crippen LogP contribution in [0.3, 0.4) is 0 Å². The van der Waals surface area contributed by atoms with Crippen LogP contribution in [-0.4, -0.2) is 25.2 Å². The Bertz CT molecular complexity index is 872. The van der Waals surface area contributed by atoms with E-state index in [1.807, 2.05) is 24.3 Å². The first-order valence-corrected chi connectivity index (χ1v) is 8.46. The SMILES string of the molecule is COc1ccc2nc3cc(Cl)ccc3c(N3CCCCC3)c2c1. The molecule has 2 heterocycles. The van der Waals surface area contributed by atoms with Crippen molar-refractivity contribution in [2.75, 3.05) is 25.1 Å². The summed E-state index contributed by atoms with van der Waals surface area (Å²) in [5.74, 6) is 0.867. The van der Waals surface area contributed by atoms with E-state index in [9.17, 15) is 0 Å². The van der Waals surface area contributed by atoms with E-state index in [4.69, 9.17) is 21.3 Å². The minimum absolute atomic E-state index is 0.724. The van der Waals surface area contributed by atoms with Gasteiger partial charge >= 0.3 is 0 Å². The Kier molecular flexibility index (Phi) is 3.74. The van der Waals surface area contributed by atoms with Crippen LogP contribution in [0.1, 0.15) is 19.3 Å². The van der Waals surface area contributed by atoms with E-state index in [1.54, 1.807) is 7.11 Å². The minimum Gasteiger partial charge on any atom is -0.497 e. The first-order valence-electron chi connectivity index (χ1n) is 8.08. The highest BCUT2D eigenvalue weighted by atomic mass is 35.5. The fourth-order valence-electron chi connectivity index (χ4n) is 3.46. The highest BCUT2D eigenvalue weighted by Gasteiger charge is 2.18. The maximum atomic E-state index is 6.18. The molecule has 0 radical (unpaired) electrons. The number of rotatable bonds is 2. The summed E-state index contributed by atoms with van der Waals surface area (Å²) in [4.78, 5) is 7.29. The van der Waals surface area contributed by atoms with Crippen molar-refractivity contribution in [1.29, 1.82) is 0 Å². The molecule has 1 aliphatic rings. The zero-order chi connectivity index (χ0) is 15.8. The second-order valence-electron chi connectivity index (χ2n) is 6.05. The Morgan fingerprint density at radius 3 is 2.57 bits per heavy atom. The summed E-state index contributed by atoms with van der Waals surface area (Å²) in [6.07, 6.45) is 3.79. The predicted molar refractivity (Wildman–Crippen MR) is 96.9 cm³/mol. The summed E-state index contributed by atoms with van der Waals surface area (Å²) in [5, 5.41) is 3.04. The number of pyridine rings is 1. The summed E-state index contributed by atoms with van der Waals surface area (Å²) >= 11 is 6.18. The Morgan fingerprint density at radius 1 is 0.957 bits per heavy atom. The number of aromatic nitrogens is 1. The van der Waals surface area contributed by atoms with Gasteiger partial charge in [-0.15, -0.1) is 0 Å². The maximum Gasteiger partial charge on any atom is 0.119 e. The van der Waals surface area contributed by atoms with Gasteiger partial charge < -0.3 is 9.64 Å². The van der Waals surface area contributed by atoms with Crippen LogP contribution in [0.2, 0.25) is 5.02 Å². The molecular formula is C19H19ClN2O. The molecule has 0 aliphatic carbocycles. The lowest BCUT2D eigenvalue weighted by Crippen LogP contribution is -2.29. The summed E-state index contributed by atoms with van der Waals surface area (Å²) in [7, 11) is 1.70. The van der Waals surface area contributed by atoms with Crippen molar-refractivity contribution in [1.82, 2.24) is 4.98 Å². The van der Waals surface area contributed by atoms with E-state index in [-0.39, 0.29) is 0 Å². The molecule has 23 heavy (non-hydrogen) atoms. The van der Waals surface area contributed by atoms with Crippen LogP contribution in [-0.2, 0) is 0 Å². The second kappa shape index (κ2) is 5.89. The summed E-state index contributed by atoms with van der Waals surface area (Å²) in [5.41, 5.74) is 3.21. The Labute approximate surface area is 140 Å². The van der Waals surface area contributed by atoms with Crippen molar-refractivity contribution in [3.8, 4) is 5.75 Å². The van der Waals surface area contributed by atoms with Gasteiger partial charge in [0.2, 0.25) is 0 Å². The third-order valence-corrected chi connectivity index (χ3v) is 4.82. The average Bonchev–Trinajstić information content (AvgIpc) is 2.60. The number of piperidine rings is 1. The van der Waals surface area contributed by atoms with E-state index in [0.717, 1.165) is 45.7 Å². The summed E-state index contributed by atoms with van der Waals surface area (Å²) in [6.45, 7) is 2.18. The van der Waals surface area contributed by atoms with E-state index in [0.29, 0.717) is 0 Å². The van der Waals surface area contributed by atoms with Crippen LogP contribution >= 0.6 is 11.6 Å². The lowest BCUT2D eigenvalue weighted by atomic mass is 10.0. The number of fused-ring (bicyclic) bond motifs is 2. The molecule has 0 saturated carbocycles. The zero-order valence-corrected chi connectivity index (χ0v) is 13.9. The number of hydrogen-bond acceptors (Lipinski definition) is 3. The second-order valence-corrected chi connectivity index (χ2v) is 6.49. The largest absolute Gasteiger partial charge is 0.497 e. The van der Waals surface area contributed by atoms with Crippen molar-refractivity contribution in [3.63, 3.8) is 0 Å². The topological polar surface area (TPSA) is 25.4 Å². The highest BCUT2D eigenvalue weighted by Crippen LogP contribution is 2.37. The number of nitrogens with zero attached hydrogens (tertiary/aromatic N) is 2. The van der Waals surface area contributed by atoms with Gasteiger partial charge in [-0.25, -0.2) is 4.98 Å². The molecule has 0 spiro atoms. The normalized spacial score (nSPS) is 15.3. The van der Waals surface area contributed by atoms with Gasteiger partial charge in [0, 0.05) is 28.9 Å². The van der Waals surface area contributed by atoms with Crippen molar-refractivity contribution >= 4 is 39.1 Å². The molecule has 1 aromatic heterocycles. The van der Waals surface area contributed by atoms with Gasteiger partial charge in [-0.05, 0) is 55.7 Å². The van der Waals surface area contributed by atoms with Gasteiger partial charge in [-0.1, -0.05) is 11.6 Å². The van der Waals surface area contributed by atoms with E-state index in [2.05, 4.69) is 17.0 Å². The number of hydrogen-bond donors (Lipinski definition) is 0. The quantitative estimate of drug-likeness (QED) is 0.617. The van der Waals surface area contributed by atoms with Crippen molar-refractivity contribution in [2.45, 2.75) is 19.3 Å². The average molecular weight is 327 g/mol. The first kappa shape index (κ1) is 14.6. The summed E-state index contributed by atoms with van der Waals surface area (Å²) < 4.78 is 5.43. The molecule has 2 aromatic carbocycles. The Hall–Kier alpha value is -2.00. The van der Waals surface area contributed by atoms with Crippen LogP contribution in [0.25, 0.3) is 21.8 Å². The Morgan fingerprint density at radius 2 is 1.78 bits per heavy atom. The van der Waals surface area contributed by atoms with Crippen LogP contribution in [0.15, 0.2) is 36.4 Å². The van der Waals surface area contributed by atoms with Crippen molar-refractivity contribution in [2.24, 2.45) is 0 Å². The van der Waals surface area contributed by atoms with Crippen molar-refractivity contribution < 1.29 is 4.74 Å².